The quantitative estimate of drug-likeness (QED) is 0.0529. The van der Waals surface area contributed by atoms with E-state index in [2.05, 4.69) is 102 Å². The van der Waals surface area contributed by atoms with Crippen molar-refractivity contribution < 1.29 is 17.6 Å². The Labute approximate surface area is 621 Å². The maximum Gasteiger partial charge on any atom is 0.163 e. The van der Waals surface area contributed by atoms with Crippen LogP contribution in [0.5, 0.6) is 0 Å². The third-order valence-corrected chi connectivity index (χ3v) is 18.7. The molecule has 8 heterocycles. The maximum atomic E-state index is 13.9. The summed E-state index contributed by atoms with van der Waals surface area (Å²) in [6, 6.07) is 46.6. The second kappa shape index (κ2) is 30.7. The summed E-state index contributed by atoms with van der Waals surface area (Å²) in [5.41, 5.74) is 11.8. The maximum absolute atomic E-state index is 13.9. The minimum atomic E-state index is -0.710. The Kier molecular flexibility index (Phi) is 21.0. The number of benzene rings is 8. The van der Waals surface area contributed by atoms with Crippen LogP contribution in [0, 0.1) is 78.7 Å². The second-order valence-electron chi connectivity index (χ2n) is 24.0. The Hall–Kier alpha value is -11.7. The molecule has 8 N–H and O–H groups in total. The van der Waals surface area contributed by atoms with Crippen LogP contribution in [0.2, 0.25) is 25.1 Å². The van der Waals surface area contributed by atoms with Crippen LogP contribution < -0.4 is 21.3 Å². The minimum Gasteiger partial charge on any atom is -0.323 e. The first-order valence-electron chi connectivity index (χ1n) is 32.3. The highest BCUT2D eigenvalue weighted by Gasteiger charge is 2.21. The van der Waals surface area contributed by atoms with E-state index in [0.29, 0.717) is 111 Å². The molecule has 0 saturated carbocycles. The van der Waals surface area contributed by atoms with E-state index < -0.39 is 11.6 Å². The average Bonchev–Trinajstić information content (AvgIpc) is 1.75. The predicted molar refractivity (Wildman–Crippen MR) is 410 cm³/mol. The minimum absolute atomic E-state index is 0.119. The van der Waals surface area contributed by atoms with Gasteiger partial charge < -0.3 is 21.3 Å². The van der Waals surface area contributed by atoms with E-state index in [-0.39, 0.29) is 23.0 Å². The molecule has 0 unspecified atom stereocenters. The van der Waals surface area contributed by atoms with Gasteiger partial charge in [0.15, 0.2) is 52.4 Å². The van der Waals surface area contributed by atoms with E-state index in [4.69, 9.17) is 58.0 Å². The van der Waals surface area contributed by atoms with Crippen molar-refractivity contribution in [2.24, 2.45) is 0 Å². The number of para-hydroxylation sites is 2. The van der Waals surface area contributed by atoms with Crippen molar-refractivity contribution in [1.29, 1.82) is 0 Å². The Bertz CT molecular complexity index is 5880. The van der Waals surface area contributed by atoms with E-state index in [9.17, 15) is 17.6 Å². The van der Waals surface area contributed by atoms with E-state index in [1.165, 1.54) is 24.3 Å². The lowest BCUT2D eigenvalue weighted by molar-refractivity contribution is 0.590. The lowest BCUT2D eigenvalue weighted by atomic mass is 10.1. The van der Waals surface area contributed by atoms with Gasteiger partial charge >= 0.3 is 0 Å². The number of rotatable bonds is 12. The molecule has 8 aromatic carbocycles. The van der Waals surface area contributed by atoms with Gasteiger partial charge in [-0.2, -0.15) is 20.4 Å². The molecule has 0 bridgehead atoms. The molecule has 0 atom stereocenters. The third-order valence-electron chi connectivity index (χ3n) is 17.2. The van der Waals surface area contributed by atoms with Crippen LogP contribution in [0.1, 0.15) is 45.0 Å². The van der Waals surface area contributed by atoms with Gasteiger partial charge in [-0.15, -0.1) is 0 Å². The number of halogens is 9. The molecule has 105 heavy (non-hydrogen) atoms. The van der Waals surface area contributed by atoms with Crippen LogP contribution >= 0.6 is 58.0 Å². The van der Waals surface area contributed by atoms with Crippen LogP contribution in [0.15, 0.2) is 164 Å². The summed E-state index contributed by atoms with van der Waals surface area (Å²) < 4.78 is 55.0. The zero-order valence-corrected chi connectivity index (χ0v) is 60.6. The molecule has 16 rings (SSSR count). The smallest absolute Gasteiger partial charge is 0.163 e. The molecule has 0 aliphatic heterocycles. The Morgan fingerprint density at radius 1 is 0.286 bits per heavy atom. The second-order valence-corrected chi connectivity index (χ2v) is 26.1. The van der Waals surface area contributed by atoms with Crippen LogP contribution in [-0.2, 0) is 0 Å². The Morgan fingerprint density at radius 2 is 0.657 bits per heavy atom. The number of nitrogens with one attached hydrogen (secondary N) is 8. The van der Waals surface area contributed by atoms with E-state index in [1.54, 1.807) is 48.5 Å². The van der Waals surface area contributed by atoms with Gasteiger partial charge in [-0.25, -0.2) is 57.4 Å². The largest absolute Gasteiger partial charge is 0.323 e. The van der Waals surface area contributed by atoms with Crippen LogP contribution in [-0.4, -0.2) is 80.7 Å². The van der Waals surface area contributed by atoms with E-state index in [0.717, 1.165) is 90.0 Å². The van der Waals surface area contributed by atoms with Crippen LogP contribution in [0.25, 0.3) is 89.2 Å². The van der Waals surface area contributed by atoms with E-state index in [1.807, 2.05) is 140 Å². The molecule has 0 spiro atoms. The van der Waals surface area contributed by atoms with Crippen molar-refractivity contribution in [3.8, 4) is 45.6 Å². The summed E-state index contributed by atoms with van der Waals surface area (Å²) >= 11 is 31.1. The molecular formula is C76H59Cl5F4N20. The molecule has 20 nitrogen and oxygen atoms in total. The number of fused-ring (bicyclic) bond motifs is 4. The number of aromatic nitrogens is 16. The summed E-state index contributed by atoms with van der Waals surface area (Å²) in [6.07, 6.45) is 0. The average molecular weight is 1510 g/mol. The highest BCUT2D eigenvalue weighted by molar-refractivity contribution is 6.36. The molecule has 0 amide bonds. The van der Waals surface area contributed by atoms with Gasteiger partial charge in [-0.3, -0.25) is 20.4 Å². The summed E-state index contributed by atoms with van der Waals surface area (Å²) in [5.74, 6) is 4.34. The molecule has 0 aliphatic rings. The fourth-order valence-corrected chi connectivity index (χ4v) is 12.1. The first kappa shape index (κ1) is 71.7. The van der Waals surface area contributed by atoms with Gasteiger partial charge in [0.1, 0.15) is 51.8 Å². The molecule has 526 valence electrons. The topological polar surface area (TPSA) is 266 Å². The molecule has 0 saturated heterocycles. The summed E-state index contributed by atoms with van der Waals surface area (Å²) in [6.45, 7) is 15.3. The predicted octanol–water partition coefficient (Wildman–Crippen LogP) is 21.3. The number of H-pyrrole nitrogens is 4. The van der Waals surface area contributed by atoms with Crippen molar-refractivity contribution >= 4 is 148 Å². The van der Waals surface area contributed by atoms with Crippen molar-refractivity contribution in [2.45, 2.75) is 55.4 Å². The number of aromatic amines is 4. The number of nitrogens with zero attached hydrogens (tertiary/aromatic N) is 12. The standard InChI is InChI=1S/C19H15Cl2N5.C19H14ClF2N5.2C19H15ClFN5/c1-10-11(2)22-18(13-8-7-12(20)9-15(13)21)23-17(10)24-19-14-5-3-4-6-16(14)25-26-19;1-9-10(2)23-18(12-5-3-4-6-14(12)20)24-17(9)25-19-13-7-11(21)8-15(22)16(13)26-27-19;1-10-11(2)22-18(12-6-3-4-8-14(12)20)23-17(10)24-19-13-7-5-9-15(21)16(13)25-26-19;1-10-11(2)22-18(13-5-3-4-6-15(13)20)23-17(10)24-19-14-9-12(21)7-8-16(14)25-26-19/h3-9H,1-2H3,(H2,22,23,24,25,26);3-8H,1-2H3,(H2,23,24,25,26,27);2*3-9H,1-2H3,(H2,22,23,24,25,26). The van der Waals surface area contributed by atoms with Gasteiger partial charge in [-0.05, 0) is 159 Å². The molecule has 8 aromatic heterocycles. The Morgan fingerprint density at radius 3 is 1.12 bits per heavy atom. The van der Waals surface area contributed by atoms with Gasteiger partial charge in [0.2, 0.25) is 0 Å². The van der Waals surface area contributed by atoms with Crippen molar-refractivity contribution in [3.05, 3.63) is 257 Å². The highest BCUT2D eigenvalue weighted by atomic mass is 35.5. The fraction of sp³-hybridized carbons (Fsp3) is 0.105. The zero-order valence-electron chi connectivity index (χ0n) is 56.9. The highest BCUT2D eigenvalue weighted by Crippen LogP contribution is 2.37. The van der Waals surface area contributed by atoms with E-state index >= 15 is 0 Å². The lowest BCUT2D eigenvalue weighted by Gasteiger charge is -2.12. The fourth-order valence-electron chi connectivity index (χ4n) is 10.9. The first-order chi connectivity index (χ1) is 50.5. The van der Waals surface area contributed by atoms with Crippen LogP contribution in [0.4, 0.5) is 64.1 Å². The monoisotopic (exact) mass is 1500 g/mol. The van der Waals surface area contributed by atoms with Crippen molar-refractivity contribution in [3.63, 3.8) is 0 Å². The lowest BCUT2D eigenvalue weighted by Crippen LogP contribution is -2.04. The van der Waals surface area contributed by atoms with Gasteiger partial charge in [0, 0.05) is 94.5 Å². The summed E-state index contributed by atoms with van der Waals surface area (Å²) in [7, 11) is 0. The normalized spacial score (nSPS) is 11.1. The number of aryl methyl sites for hydroxylation is 4. The third kappa shape index (κ3) is 15.5. The zero-order chi connectivity index (χ0) is 73.9. The number of anilines is 8. The van der Waals surface area contributed by atoms with Gasteiger partial charge in [0.25, 0.3) is 0 Å². The molecule has 0 aliphatic carbocycles. The van der Waals surface area contributed by atoms with Crippen molar-refractivity contribution in [2.75, 3.05) is 21.3 Å². The van der Waals surface area contributed by atoms with Gasteiger partial charge in [0.05, 0.1) is 36.5 Å². The molecular weight excluding hydrogens is 1450 g/mol. The molecule has 29 heteroatoms. The van der Waals surface area contributed by atoms with Gasteiger partial charge in [-0.1, -0.05) is 113 Å². The molecule has 0 radical (unpaired) electrons. The molecule has 0 fully saturated rings. The number of hydrogen-bond donors (Lipinski definition) is 8. The SMILES string of the molecule is Cc1nc(-c2ccc(Cl)cc2Cl)nc(Nc2n[nH]c3ccccc23)c1C.Cc1nc(-c2ccccc2Cl)nc(Nc2n[nH]c3c(F)cc(F)cc23)c1C.Cc1nc(-c2ccccc2Cl)nc(Nc2n[nH]c3c(F)cccc23)c1C.Cc1nc(-c2ccccc2Cl)nc(Nc2n[nH]c3ccc(F)cc23)c1C. The van der Waals surface area contributed by atoms with Crippen molar-refractivity contribution in [1.82, 2.24) is 80.7 Å². The molecule has 16 aromatic rings. The van der Waals surface area contributed by atoms with Crippen LogP contribution in [0.3, 0.4) is 0 Å². The Balaban J connectivity index is 0.000000124. The summed E-state index contributed by atoms with van der Waals surface area (Å²) in [5, 5.41) is 46.1. The summed E-state index contributed by atoms with van der Waals surface area (Å²) in [4.78, 5) is 36.6. The first-order valence-corrected chi connectivity index (χ1v) is 34.1. The number of hydrogen-bond acceptors (Lipinski definition) is 16.